The number of nitrogens with zero attached hydrogens (tertiary/aromatic N) is 4. The molecule has 1 amide bonds. The quantitative estimate of drug-likeness (QED) is 0.632. The molecule has 144 valence electrons. The molecule has 0 saturated carbocycles. The number of aromatic nitrogens is 2. The van der Waals surface area contributed by atoms with Gasteiger partial charge >= 0.3 is 0 Å². The maximum atomic E-state index is 12.9. The van der Waals surface area contributed by atoms with Crippen molar-refractivity contribution >= 4 is 17.2 Å². The lowest BCUT2D eigenvalue weighted by atomic mass is 9.84. The Morgan fingerprint density at radius 2 is 1.93 bits per heavy atom. The van der Waals surface area contributed by atoms with Gasteiger partial charge in [-0.25, -0.2) is 4.98 Å². The predicted molar refractivity (Wildman–Crippen MR) is 111 cm³/mol. The van der Waals surface area contributed by atoms with Crippen LogP contribution in [0.3, 0.4) is 0 Å². The number of aryl methyl sites for hydroxylation is 1. The molecule has 2 aliphatic rings. The van der Waals surface area contributed by atoms with Gasteiger partial charge in [0.1, 0.15) is 5.82 Å². The third-order valence-electron chi connectivity index (χ3n) is 6.28. The number of hydrogen-bond acceptors (Lipinski definition) is 4. The highest BCUT2D eigenvalue weighted by atomic mass is 32.1. The van der Waals surface area contributed by atoms with Crippen molar-refractivity contribution in [3.05, 3.63) is 69.9 Å². The highest BCUT2D eigenvalue weighted by Gasteiger charge is 2.45. The minimum atomic E-state index is -0.148. The molecular formula is C22H24N4OS. The van der Waals surface area contributed by atoms with Crippen LogP contribution in [0.4, 0.5) is 0 Å². The Hall–Kier alpha value is -2.44. The van der Waals surface area contributed by atoms with E-state index < -0.39 is 0 Å². The van der Waals surface area contributed by atoms with Crippen LogP contribution in [0.1, 0.15) is 38.8 Å². The third kappa shape index (κ3) is 2.63. The molecule has 2 aromatic heterocycles. The third-order valence-corrected chi connectivity index (χ3v) is 7.26. The first-order valence-corrected chi connectivity index (χ1v) is 10.6. The summed E-state index contributed by atoms with van der Waals surface area (Å²) in [5.41, 5.74) is 2.38. The van der Waals surface area contributed by atoms with E-state index in [1.165, 1.54) is 16.1 Å². The predicted octanol–water partition coefficient (Wildman–Crippen LogP) is 3.82. The van der Waals surface area contributed by atoms with E-state index in [4.69, 9.17) is 4.98 Å². The number of fused-ring (bicyclic) bond motifs is 4. The van der Waals surface area contributed by atoms with Crippen molar-refractivity contribution in [2.24, 2.45) is 0 Å². The van der Waals surface area contributed by atoms with Gasteiger partial charge in [-0.3, -0.25) is 9.69 Å². The number of piperidine rings is 1. The van der Waals surface area contributed by atoms with Crippen molar-refractivity contribution < 1.29 is 4.79 Å². The highest BCUT2D eigenvalue weighted by Crippen LogP contribution is 2.42. The summed E-state index contributed by atoms with van der Waals surface area (Å²) in [6.45, 7) is 4.44. The number of hydrogen-bond donors (Lipinski definition) is 0. The molecule has 0 unspecified atom stereocenters. The number of thiophene rings is 1. The van der Waals surface area contributed by atoms with Crippen LogP contribution in [0.2, 0.25) is 0 Å². The molecular weight excluding hydrogens is 368 g/mol. The van der Waals surface area contributed by atoms with Crippen LogP contribution in [-0.2, 0) is 12.1 Å². The summed E-state index contributed by atoms with van der Waals surface area (Å²) in [5, 5.41) is 0. The smallest absolute Gasteiger partial charge is 0.263 e. The molecule has 28 heavy (non-hydrogen) atoms. The monoisotopic (exact) mass is 392 g/mol. The average molecular weight is 393 g/mol. The molecule has 5 nitrogen and oxygen atoms in total. The van der Waals surface area contributed by atoms with Gasteiger partial charge in [-0.2, -0.15) is 0 Å². The van der Waals surface area contributed by atoms with Crippen molar-refractivity contribution in [2.45, 2.75) is 31.8 Å². The molecule has 0 radical (unpaired) electrons. The SMILES string of the molecule is Cc1ccc(C(=O)N2CCC3(CC2)c2nccn2-c2ccccc2CN3C)s1. The number of carbonyl (C=O) groups is 1. The van der Waals surface area contributed by atoms with Gasteiger partial charge in [0.2, 0.25) is 0 Å². The van der Waals surface area contributed by atoms with E-state index in [-0.39, 0.29) is 11.4 Å². The van der Waals surface area contributed by atoms with E-state index >= 15 is 0 Å². The summed E-state index contributed by atoms with van der Waals surface area (Å²) in [6.07, 6.45) is 5.76. The zero-order valence-corrected chi connectivity index (χ0v) is 17.1. The molecule has 0 atom stereocenters. The van der Waals surface area contributed by atoms with Gasteiger partial charge in [-0.05, 0) is 50.6 Å². The molecule has 1 fully saturated rings. The largest absolute Gasteiger partial charge is 0.338 e. The molecule has 1 saturated heterocycles. The Morgan fingerprint density at radius 1 is 1.14 bits per heavy atom. The first-order chi connectivity index (χ1) is 13.6. The van der Waals surface area contributed by atoms with Crippen molar-refractivity contribution in [3.8, 4) is 5.69 Å². The van der Waals surface area contributed by atoms with Crippen LogP contribution in [0.5, 0.6) is 0 Å². The van der Waals surface area contributed by atoms with Crippen molar-refractivity contribution in [3.63, 3.8) is 0 Å². The topological polar surface area (TPSA) is 41.4 Å². The molecule has 0 N–H and O–H groups in total. The van der Waals surface area contributed by atoms with Crippen molar-refractivity contribution in [2.75, 3.05) is 20.1 Å². The molecule has 6 heteroatoms. The van der Waals surface area contributed by atoms with Gasteiger partial charge in [0.15, 0.2) is 0 Å². The fraction of sp³-hybridized carbons (Fsp3) is 0.364. The molecule has 0 aliphatic carbocycles. The molecule has 3 aromatic rings. The average Bonchev–Trinajstić information content (AvgIpc) is 3.35. The zero-order valence-electron chi connectivity index (χ0n) is 16.3. The second kappa shape index (κ2) is 6.57. The Balaban J connectivity index is 1.46. The van der Waals surface area contributed by atoms with Crippen LogP contribution in [-0.4, -0.2) is 45.4 Å². The van der Waals surface area contributed by atoms with Crippen LogP contribution >= 0.6 is 11.3 Å². The van der Waals surface area contributed by atoms with Gasteiger partial charge in [0, 0.05) is 36.9 Å². The second-order valence-corrected chi connectivity index (χ2v) is 9.13. The summed E-state index contributed by atoms with van der Waals surface area (Å²) in [4.78, 5) is 24.2. The van der Waals surface area contributed by atoms with Crippen LogP contribution < -0.4 is 0 Å². The summed E-state index contributed by atoms with van der Waals surface area (Å²) in [6, 6.07) is 12.5. The van der Waals surface area contributed by atoms with Gasteiger partial charge in [0.05, 0.1) is 16.1 Å². The standard InChI is InChI=1S/C22H24N4OS/c1-16-7-8-19(28-16)20(27)25-12-9-22(10-13-25)21-23-11-14-26(21)18-6-4-3-5-17(18)15-24(22)2/h3-8,11,14H,9-10,12-13,15H2,1-2H3. The fourth-order valence-electron chi connectivity index (χ4n) is 4.69. The van der Waals surface area contributed by atoms with Crippen LogP contribution in [0.25, 0.3) is 5.69 Å². The van der Waals surface area contributed by atoms with Gasteiger partial charge in [0.25, 0.3) is 5.91 Å². The van der Waals surface area contributed by atoms with E-state index in [1.54, 1.807) is 11.3 Å². The van der Waals surface area contributed by atoms with E-state index in [9.17, 15) is 4.79 Å². The zero-order chi connectivity index (χ0) is 19.3. The minimum Gasteiger partial charge on any atom is -0.338 e. The minimum absolute atomic E-state index is 0.148. The first-order valence-electron chi connectivity index (χ1n) is 9.77. The van der Waals surface area contributed by atoms with Crippen LogP contribution in [0, 0.1) is 6.92 Å². The van der Waals surface area contributed by atoms with Gasteiger partial charge in [-0.15, -0.1) is 11.3 Å². The highest BCUT2D eigenvalue weighted by molar-refractivity contribution is 7.13. The number of imidazole rings is 1. The maximum Gasteiger partial charge on any atom is 0.263 e. The molecule has 1 aromatic carbocycles. The van der Waals surface area contributed by atoms with Gasteiger partial charge in [-0.1, -0.05) is 18.2 Å². The normalized spacial score (nSPS) is 18.6. The summed E-state index contributed by atoms with van der Waals surface area (Å²) in [7, 11) is 2.20. The number of amides is 1. The number of para-hydroxylation sites is 1. The van der Waals surface area contributed by atoms with Crippen molar-refractivity contribution in [1.82, 2.24) is 19.4 Å². The summed E-state index contributed by atoms with van der Waals surface area (Å²) >= 11 is 1.58. The lowest BCUT2D eigenvalue weighted by Gasteiger charge is -2.45. The second-order valence-electron chi connectivity index (χ2n) is 7.84. The Bertz CT molecular complexity index is 1030. The lowest BCUT2D eigenvalue weighted by molar-refractivity contribution is 0.0232. The number of carbonyl (C=O) groups excluding carboxylic acids is 1. The van der Waals surface area contributed by atoms with E-state index in [1.807, 2.05) is 30.2 Å². The molecule has 0 bridgehead atoms. The molecule has 1 spiro atoms. The van der Waals surface area contributed by atoms with E-state index in [0.29, 0.717) is 0 Å². The number of rotatable bonds is 1. The number of likely N-dealkylation sites (tertiary alicyclic amines) is 1. The Morgan fingerprint density at radius 3 is 2.68 bits per heavy atom. The molecule has 4 heterocycles. The maximum absolute atomic E-state index is 12.9. The van der Waals surface area contributed by atoms with Crippen molar-refractivity contribution in [1.29, 1.82) is 0 Å². The summed E-state index contributed by atoms with van der Waals surface area (Å²) < 4.78 is 2.25. The fourth-order valence-corrected chi connectivity index (χ4v) is 5.53. The Labute approximate surface area is 169 Å². The molecule has 2 aliphatic heterocycles. The Kier molecular flexibility index (Phi) is 4.14. The summed E-state index contributed by atoms with van der Waals surface area (Å²) in [5.74, 6) is 1.26. The van der Waals surface area contributed by atoms with E-state index in [2.05, 4.69) is 47.0 Å². The first kappa shape index (κ1) is 17.6. The number of benzene rings is 1. The van der Waals surface area contributed by atoms with Gasteiger partial charge < -0.3 is 9.47 Å². The van der Waals surface area contributed by atoms with E-state index in [0.717, 1.165) is 43.2 Å². The van der Waals surface area contributed by atoms with Crippen LogP contribution in [0.15, 0.2) is 48.8 Å². The lowest BCUT2D eigenvalue weighted by Crippen LogP contribution is -2.53. The molecule has 5 rings (SSSR count).